The van der Waals surface area contributed by atoms with Gasteiger partial charge in [0.25, 0.3) is 5.91 Å². The van der Waals surface area contributed by atoms with E-state index in [2.05, 4.69) is 21.4 Å². The molecule has 0 aliphatic rings. The molecule has 0 bridgehead atoms. The maximum atomic E-state index is 12.4. The van der Waals surface area contributed by atoms with Gasteiger partial charge < -0.3 is 25.8 Å². The number of ether oxygens (including phenoxy) is 1. The van der Waals surface area contributed by atoms with Crippen molar-refractivity contribution < 1.29 is 14.3 Å². The SMILES string of the molecule is NC(=O)c1[nH]c2ccccc2c1C[CH]C(=O)NCCc1cc2ccc(OCc3ccccc3)cc2[nH]1. The molecule has 2 aromatic heterocycles. The number of carbonyl (C=O) groups is 2. The zero-order chi connectivity index (χ0) is 24.9. The maximum Gasteiger partial charge on any atom is 0.265 e. The van der Waals surface area contributed by atoms with Crippen LogP contribution in [0.4, 0.5) is 0 Å². The molecule has 0 saturated heterocycles. The number of para-hydroxylation sites is 1. The molecule has 5 rings (SSSR count). The first-order valence-corrected chi connectivity index (χ1v) is 11.9. The van der Waals surface area contributed by atoms with E-state index in [-0.39, 0.29) is 5.91 Å². The van der Waals surface area contributed by atoms with E-state index in [1.54, 1.807) is 6.42 Å². The lowest BCUT2D eigenvalue weighted by molar-refractivity contribution is -0.117. The van der Waals surface area contributed by atoms with E-state index in [1.807, 2.05) is 72.8 Å². The molecule has 2 heterocycles. The summed E-state index contributed by atoms with van der Waals surface area (Å²) < 4.78 is 5.92. The molecule has 0 atom stereocenters. The van der Waals surface area contributed by atoms with Gasteiger partial charge in [-0.1, -0.05) is 48.5 Å². The number of carbonyl (C=O) groups excluding carboxylic acids is 2. The van der Waals surface area contributed by atoms with Crippen molar-refractivity contribution in [1.29, 1.82) is 0 Å². The standard InChI is InChI=1S/C29H27N4O3/c30-29(35)28-24(23-8-4-5-9-25(23)33-28)12-13-27(34)31-15-14-21-16-20-10-11-22(17-26(20)32-21)36-18-19-6-2-1-3-7-19/h1-11,13,16-17,32-33H,12,14-15,18H2,(H2,30,35)(H,31,34). The Morgan fingerprint density at radius 1 is 0.917 bits per heavy atom. The Bertz CT molecular complexity index is 1520. The average molecular weight is 480 g/mol. The Morgan fingerprint density at radius 3 is 2.56 bits per heavy atom. The van der Waals surface area contributed by atoms with Crippen LogP contribution in [0.25, 0.3) is 21.8 Å². The van der Waals surface area contributed by atoms with E-state index in [0.717, 1.165) is 44.4 Å². The van der Waals surface area contributed by atoms with Gasteiger partial charge in [-0.3, -0.25) is 9.59 Å². The van der Waals surface area contributed by atoms with Gasteiger partial charge >= 0.3 is 0 Å². The summed E-state index contributed by atoms with van der Waals surface area (Å²) in [6.45, 7) is 0.998. The van der Waals surface area contributed by atoms with Crippen molar-refractivity contribution in [3.05, 3.63) is 108 Å². The molecule has 7 nitrogen and oxygen atoms in total. The molecule has 2 amide bonds. The second-order valence-corrected chi connectivity index (χ2v) is 8.66. The molecule has 5 N–H and O–H groups in total. The van der Waals surface area contributed by atoms with E-state index >= 15 is 0 Å². The Labute approximate surface area is 208 Å². The number of rotatable bonds is 10. The molecule has 36 heavy (non-hydrogen) atoms. The molecule has 1 radical (unpaired) electrons. The minimum atomic E-state index is -0.539. The predicted molar refractivity (Wildman–Crippen MR) is 141 cm³/mol. The Morgan fingerprint density at radius 2 is 1.72 bits per heavy atom. The quantitative estimate of drug-likeness (QED) is 0.238. The van der Waals surface area contributed by atoms with Crippen LogP contribution in [0.15, 0.2) is 78.9 Å². The zero-order valence-corrected chi connectivity index (χ0v) is 19.7. The molecule has 0 spiro atoms. The van der Waals surface area contributed by atoms with E-state index in [4.69, 9.17) is 10.5 Å². The number of amides is 2. The van der Waals surface area contributed by atoms with Crippen molar-refractivity contribution >= 4 is 33.6 Å². The number of aromatic nitrogens is 2. The van der Waals surface area contributed by atoms with Crippen LogP contribution in [0.5, 0.6) is 5.75 Å². The third kappa shape index (κ3) is 5.25. The van der Waals surface area contributed by atoms with Gasteiger partial charge in [0.15, 0.2) is 0 Å². The van der Waals surface area contributed by atoms with Crippen LogP contribution in [0.1, 0.15) is 27.3 Å². The van der Waals surface area contributed by atoms with Gasteiger partial charge in [-0.05, 0) is 47.2 Å². The number of nitrogens with one attached hydrogen (secondary N) is 3. The lowest BCUT2D eigenvalue weighted by Crippen LogP contribution is -2.26. The van der Waals surface area contributed by atoms with Crippen LogP contribution < -0.4 is 15.8 Å². The second-order valence-electron chi connectivity index (χ2n) is 8.66. The fourth-order valence-corrected chi connectivity index (χ4v) is 4.34. The van der Waals surface area contributed by atoms with Crippen molar-refractivity contribution in [1.82, 2.24) is 15.3 Å². The summed E-state index contributed by atoms with van der Waals surface area (Å²) in [5.41, 5.74) is 10.5. The van der Waals surface area contributed by atoms with Gasteiger partial charge in [0.1, 0.15) is 18.1 Å². The molecular weight excluding hydrogens is 452 g/mol. The normalized spacial score (nSPS) is 11.1. The fourth-order valence-electron chi connectivity index (χ4n) is 4.34. The highest BCUT2D eigenvalue weighted by Gasteiger charge is 2.16. The number of primary amides is 1. The first-order valence-electron chi connectivity index (χ1n) is 11.9. The Hall–Kier alpha value is -4.52. The summed E-state index contributed by atoms with van der Waals surface area (Å²) >= 11 is 0. The van der Waals surface area contributed by atoms with Crippen LogP contribution in [0.3, 0.4) is 0 Å². The highest BCUT2D eigenvalue weighted by molar-refractivity contribution is 6.01. The van der Waals surface area contributed by atoms with Crippen molar-refractivity contribution in [3.8, 4) is 5.75 Å². The molecule has 0 fully saturated rings. The zero-order valence-electron chi connectivity index (χ0n) is 19.7. The van der Waals surface area contributed by atoms with Crippen LogP contribution in [0.2, 0.25) is 0 Å². The van der Waals surface area contributed by atoms with Crippen molar-refractivity contribution in [2.45, 2.75) is 19.4 Å². The number of hydrogen-bond acceptors (Lipinski definition) is 3. The van der Waals surface area contributed by atoms with Crippen LogP contribution in [-0.4, -0.2) is 28.3 Å². The number of fused-ring (bicyclic) bond motifs is 2. The highest BCUT2D eigenvalue weighted by Crippen LogP contribution is 2.24. The fraction of sp³-hybridized carbons (Fsp3) is 0.138. The summed E-state index contributed by atoms with van der Waals surface area (Å²) in [4.78, 5) is 30.7. The molecule has 7 heteroatoms. The predicted octanol–water partition coefficient (Wildman–Crippen LogP) is 4.43. The van der Waals surface area contributed by atoms with Crippen molar-refractivity contribution in [2.24, 2.45) is 5.73 Å². The Kier molecular flexibility index (Phi) is 6.71. The Balaban J connectivity index is 1.14. The third-order valence-electron chi connectivity index (χ3n) is 6.14. The van der Waals surface area contributed by atoms with Gasteiger partial charge in [-0.2, -0.15) is 0 Å². The summed E-state index contributed by atoms with van der Waals surface area (Å²) in [6.07, 6.45) is 2.52. The third-order valence-corrected chi connectivity index (χ3v) is 6.14. The minimum Gasteiger partial charge on any atom is -0.489 e. The van der Waals surface area contributed by atoms with Gasteiger partial charge in [0, 0.05) is 41.1 Å². The van der Waals surface area contributed by atoms with Crippen molar-refractivity contribution in [3.63, 3.8) is 0 Å². The minimum absolute atomic E-state index is 0.191. The topological polar surface area (TPSA) is 113 Å². The lowest BCUT2D eigenvalue weighted by atomic mass is 10.0. The van der Waals surface area contributed by atoms with Gasteiger partial charge in [-0.15, -0.1) is 0 Å². The molecule has 0 unspecified atom stereocenters. The smallest absolute Gasteiger partial charge is 0.265 e. The molecule has 5 aromatic rings. The molecule has 0 aliphatic carbocycles. The number of nitrogens with two attached hydrogens (primary N) is 1. The monoisotopic (exact) mass is 479 g/mol. The van der Waals surface area contributed by atoms with Crippen molar-refractivity contribution in [2.75, 3.05) is 6.54 Å². The largest absolute Gasteiger partial charge is 0.489 e. The van der Waals surface area contributed by atoms with Crippen LogP contribution >= 0.6 is 0 Å². The summed E-state index contributed by atoms with van der Waals surface area (Å²) in [7, 11) is 0. The number of hydrogen-bond donors (Lipinski definition) is 4. The second kappa shape index (κ2) is 10.4. The molecule has 0 aliphatic heterocycles. The first-order chi connectivity index (χ1) is 17.6. The molecule has 0 saturated carbocycles. The van der Waals surface area contributed by atoms with E-state index in [0.29, 0.717) is 31.7 Å². The molecule has 3 aromatic carbocycles. The van der Waals surface area contributed by atoms with E-state index in [9.17, 15) is 9.59 Å². The van der Waals surface area contributed by atoms with E-state index in [1.165, 1.54) is 0 Å². The number of aromatic amines is 2. The summed E-state index contributed by atoms with van der Waals surface area (Å²) in [6, 6.07) is 25.7. The molecule has 181 valence electrons. The van der Waals surface area contributed by atoms with Crippen LogP contribution in [-0.2, 0) is 24.2 Å². The van der Waals surface area contributed by atoms with Gasteiger partial charge in [0.2, 0.25) is 5.91 Å². The highest BCUT2D eigenvalue weighted by atomic mass is 16.5. The van der Waals surface area contributed by atoms with Gasteiger partial charge in [-0.25, -0.2) is 0 Å². The number of H-pyrrole nitrogens is 2. The maximum absolute atomic E-state index is 12.4. The van der Waals surface area contributed by atoms with E-state index < -0.39 is 5.91 Å². The first kappa shape index (κ1) is 23.2. The van der Waals surface area contributed by atoms with Gasteiger partial charge in [0.05, 0.1) is 6.42 Å². The molecular formula is C29H27N4O3. The number of benzene rings is 3. The van der Waals surface area contributed by atoms with Crippen LogP contribution in [0, 0.1) is 6.42 Å². The average Bonchev–Trinajstić information content (AvgIpc) is 3.47. The lowest BCUT2D eigenvalue weighted by Gasteiger charge is -2.06. The summed E-state index contributed by atoms with van der Waals surface area (Å²) in [5.74, 6) is 0.0705. The summed E-state index contributed by atoms with van der Waals surface area (Å²) in [5, 5.41) is 4.90.